The predicted molar refractivity (Wildman–Crippen MR) is 73.0 cm³/mol. The van der Waals surface area contributed by atoms with E-state index in [9.17, 15) is 0 Å². The van der Waals surface area contributed by atoms with Gasteiger partial charge in [-0.15, -0.1) is 0 Å². The van der Waals surface area contributed by atoms with Crippen molar-refractivity contribution in [1.29, 1.82) is 0 Å². The largest absolute Gasteiger partial charge is 0.296 e. The van der Waals surface area contributed by atoms with E-state index in [1.54, 1.807) is 6.21 Å². The third-order valence-electron chi connectivity index (χ3n) is 2.64. The Hall–Kier alpha value is -1.92. The first kappa shape index (κ1) is 12.5. The summed E-state index contributed by atoms with van der Waals surface area (Å²) in [7, 11) is 0. The maximum absolute atomic E-state index is 5.39. The minimum absolute atomic E-state index is 0.121. The number of nitrogens with two attached hydrogens (primary N) is 1. The fourth-order valence-electron chi connectivity index (χ4n) is 1.74. The SMILES string of the molecule is NNC(=NC1CCCN1)NN=Cc1ccccc1. The molecule has 5 N–H and O–H groups in total. The summed E-state index contributed by atoms with van der Waals surface area (Å²) >= 11 is 0. The molecular formula is C12H18N6. The average Bonchev–Trinajstić information content (AvgIpc) is 2.92. The van der Waals surface area contributed by atoms with Crippen molar-refractivity contribution in [2.45, 2.75) is 19.0 Å². The van der Waals surface area contributed by atoms with Crippen LogP contribution < -0.4 is 22.0 Å². The molecule has 0 bridgehead atoms. The number of hydrazine groups is 1. The predicted octanol–water partition coefficient (Wildman–Crippen LogP) is 0.139. The van der Waals surface area contributed by atoms with E-state index in [-0.39, 0.29) is 6.17 Å². The van der Waals surface area contributed by atoms with Gasteiger partial charge in [-0.1, -0.05) is 30.3 Å². The Morgan fingerprint density at radius 3 is 2.89 bits per heavy atom. The molecule has 6 nitrogen and oxygen atoms in total. The highest BCUT2D eigenvalue weighted by molar-refractivity contribution is 5.83. The highest BCUT2D eigenvalue weighted by atomic mass is 15.4. The molecule has 96 valence electrons. The minimum Gasteiger partial charge on any atom is -0.296 e. The molecule has 1 unspecified atom stereocenters. The number of hydrogen-bond donors (Lipinski definition) is 4. The van der Waals surface area contributed by atoms with E-state index >= 15 is 0 Å². The molecule has 0 radical (unpaired) electrons. The van der Waals surface area contributed by atoms with E-state index in [2.05, 4.69) is 26.3 Å². The average molecular weight is 246 g/mol. The summed E-state index contributed by atoms with van der Waals surface area (Å²) in [6.07, 6.45) is 4.00. The van der Waals surface area contributed by atoms with Crippen LogP contribution in [-0.4, -0.2) is 24.9 Å². The molecule has 1 aromatic carbocycles. The second kappa shape index (κ2) is 6.73. The Labute approximate surface area is 106 Å². The lowest BCUT2D eigenvalue weighted by atomic mass is 10.2. The molecule has 1 heterocycles. The smallest absolute Gasteiger partial charge is 0.228 e. The van der Waals surface area contributed by atoms with Crippen LogP contribution >= 0.6 is 0 Å². The maximum Gasteiger partial charge on any atom is 0.228 e. The monoisotopic (exact) mass is 246 g/mol. The Morgan fingerprint density at radius 1 is 1.39 bits per heavy atom. The fourth-order valence-corrected chi connectivity index (χ4v) is 1.74. The summed E-state index contributed by atoms with van der Waals surface area (Å²) < 4.78 is 0. The van der Waals surface area contributed by atoms with Gasteiger partial charge in [0.15, 0.2) is 0 Å². The van der Waals surface area contributed by atoms with E-state index in [1.807, 2.05) is 30.3 Å². The van der Waals surface area contributed by atoms with Crippen LogP contribution in [-0.2, 0) is 0 Å². The molecule has 1 atom stereocenters. The van der Waals surface area contributed by atoms with Crippen LogP contribution in [0.2, 0.25) is 0 Å². The van der Waals surface area contributed by atoms with Gasteiger partial charge in [-0.25, -0.2) is 16.3 Å². The summed E-state index contributed by atoms with van der Waals surface area (Å²) in [4.78, 5) is 4.37. The third-order valence-corrected chi connectivity index (χ3v) is 2.64. The number of benzene rings is 1. The molecule has 1 aliphatic rings. The zero-order valence-corrected chi connectivity index (χ0v) is 10.1. The second-order valence-electron chi connectivity index (χ2n) is 4.01. The number of hydrazone groups is 1. The lowest BCUT2D eigenvalue weighted by Gasteiger charge is -2.08. The van der Waals surface area contributed by atoms with Crippen molar-refractivity contribution in [3.05, 3.63) is 35.9 Å². The molecule has 1 aliphatic heterocycles. The normalized spacial score (nSPS) is 20.3. The Morgan fingerprint density at radius 2 is 2.22 bits per heavy atom. The lowest BCUT2D eigenvalue weighted by Crippen LogP contribution is -2.41. The van der Waals surface area contributed by atoms with E-state index in [0.29, 0.717) is 5.96 Å². The van der Waals surface area contributed by atoms with Gasteiger partial charge in [0, 0.05) is 0 Å². The second-order valence-corrected chi connectivity index (χ2v) is 4.01. The van der Waals surface area contributed by atoms with Crippen LogP contribution in [0.15, 0.2) is 40.4 Å². The van der Waals surface area contributed by atoms with Gasteiger partial charge in [0.25, 0.3) is 0 Å². The molecule has 0 aliphatic carbocycles. The van der Waals surface area contributed by atoms with Crippen molar-refractivity contribution < 1.29 is 0 Å². The van der Waals surface area contributed by atoms with Gasteiger partial charge in [0.05, 0.1) is 6.21 Å². The molecule has 1 fully saturated rings. The van der Waals surface area contributed by atoms with E-state index in [4.69, 9.17) is 5.84 Å². The quantitative estimate of drug-likeness (QED) is 0.264. The molecular weight excluding hydrogens is 228 g/mol. The van der Waals surface area contributed by atoms with Crippen LogP contribution in [0.3, 0.4) is 0 Å². The molecule has 0 saturated carbocycles. The van der Waals surface area contributed by atoms with Crippen LogP contribution in [0.4, 0.5) is 0 Å². The summed E-state index contributed by atoms with van der Waals surface area (Å²) in [5.74, 6) is 5.85. The molecule has 0 spiro atoms. The minimum atomic E-state index is 0.121. The van der Waals surface area contributed by atoms with Crippen LogP contribution in [0.25, 0.3) is 0 Å². The van der Waals surface area contributed by atoms with Crippen molar-refractivity contribution in [2.24, 2.45) is 15.9 Å². The number of nitrogens with zero attached hydrogens (tertiary/aromatic N) is 2. The zero-order chi connectivity index (χ0) is 12.6. The van der Waals surface area contributed by atoms with Crippen molar-refractivity contribution >= 4 is 12.2 Å². The summed E-state index contributed by atoms with van der Waals surface area (Å²) in [5.41, 5.74) is 6.30. The summed E-state index contributed by atoms with van der Waals surface area (Å²) in [6.45, 7) is 0.999. The van der Waals surface area contributed by atoms with Gasteiger partial charge in [-0.3, -0.25) is 10.7 Å². The molecule has 1 saturated heterocycles. The highest BCUT2D eigenvalue weighted by Crippen LogP contribution is 2.05. The van der Waals surface area contributed by atoms with E-state index in [1.165, 1.54) is 0 Å². The topological polar surface area (TPSA) is 86.8 Å². The molecule has 1 aromatic rings. The first-order chi connectivity index (χ1) is 8.88. The number of hydrogen-bond acceptors (Lipinski definition) is 4. The van der Waals surface area contributed by atoms with Gasteiger partial charge in [-0.05, 0) is 24.9 Å². The molecule has 6 heteroatoms. The summed E-state index contributed by atoms with van der Waals surface area (Å²) in [5, 5.41) is 7.33. The van der Waals surface area contributed by atoms with Gasteiger partial charge in [-0.2, -0.15) is 5.10 Å². The molecule has 2 rings (SSSR count). The van der Waals surface area contributed by atoms with Crippen molar-refractivity contribution in [3.8, 4) is 0 Å². The van der Waals surface area contributed by atoms with Gasteiger partial charge in [0.2, 0.25) is 5.96 Å². The fraction of sp³-hybridized carbons (Fsp3) is 0.333. The number of aliphatic imine (C=N–C) groups is 1. The van der Waals surface area contributed by atoms with E-state index in [0.717, 1.165) is 24.9 Å². The molecule has 18 heavy (non-hydrogen) atoms. The molecule has 0 aromatic heterocycles. The van der Waals surface area contributed by atoms with Gasteiger partial charge in [0.1, 0.15) is 6.17 Å². The first-order valence-corrected chi connectivity index (χ1v) is 6.00. The van der Waals surface area contributed by atoms with Crippen LogP contribution in [0, 0.1) is 0 Å². The maximum atomic E-state index is 5.39. The Bertz CT molecular complexity index is 408. The van der Waals surface area contributed by atoms with Gasteiger partial charge < -0.3 is 0 Å². The van der Waals surface area contributed by atoms with Crippen molar-refractivity contribution in [3.63, 3.8) is 0 Å². The first-order valence-electron chi connectivity index (χ1n) is 6.00. The Balaban J connectivity index is 1.88. The lowest BCUT2D eigenvalue weighted by molar-refractivity contribution is 0.626. The zero-order valence-electron chi connectivity index (χ0n) is 10.1. The van der Waals surface area contributed by atoms with Crippen LogP contribution in [0.5, 0.6) is 0 Å². The van der Waals surface area contributed by atoms with E-state index < -0.39 is 0 Å². The van der Waals surface area contributed by atoms with Crippen molar-refractivity contribution in [2.75, 3.05) is 6.54 Å². The Kier molecular flexibility index (Phi) is 4.68. The number of nitrogens with one attached hydrogen (secondary N) is 3. The summed E-state index contributed by atoms with van der Waals surface area (Å²) in [6, 6.07) is 9.82. The standard InChI is InChI=1S/C12H18N6/c13-17-12(16-11-7-4-8-14-11)18-15-9-10-5-2-1-3-6-10/h1-3,5-6,9,11,14H,4,7-8,13H2,(H2,16,17,18). The molecule has 0 amide bonds. The van der Waals surface area contributed by atoms with Crippen LogP contribution in [0.1, 0.15) is 18.4 Å². The van der Waals surface area contributed by atoms with Gasteiger partial charge >= 0.3 is 0 Å². The number of guanidine groups is 1. The third kappa shape index (κ3) is 3.83. The number of rotatable bonds is 3. The highest BCUT2D eigenvalue weighted by Gasteiger charge is 2.12. The van der Waals surface area contributed by atoms with Crippen molar-refractivity contribution in [1.82, 2.24) is 16.2 Å².